The van der Waals surface area contributed by atoms with Crippen molar-refractivity contribution in [3.8, 4) is 0 Å². The van der Waals surface area contributed by atoms with E-state index in [-0.39, 0.29) is 11.6 Å². The van der Waals surface area contributed by atoms with Crippen LogP contribution in [0.3, 0.4) is 0 Å². The van der Waals surface area contributed by atoms with E-state index in [1.165, 1.54) is 11.1 Å². The second-order valence-electron chi connectivity index (χ2n) is 8.39. The third-order valence-corrected chi connectivity index (χ3v) is 5.87. The van der Waals surface area contributed by atoms with Gasteiger partial charge in [-0.2, -0.15) is 0 Å². The molecule has 1 aliphatic heterocycles. The van der Waals surface area contributed by atoms with Crippen molar-refractivity contribution in [2.75, 3.05) is 26.2 Å². The highest BCUT2D eigenvalue weighted by atomic mass is 16.2. The molecule has 6 nitrogen and oxygen atoms in total. The summed E-state index contributed by atoms with van der Waals surface area (Å²) in [5.41, 5.74) is 4.69. The Morgan fingerprint density at radius 1 is 0.844 bits per heavy atom. The van der Waals surface area contributed by atoms with Gasteiger partial charge < -0.3 is 14.8 Å². The van der Waals surface area contributed by atoms with Gasteiger partial charge in [0.2, 0.25) is 0 Å². The van der Waals surface area contributed by atoms with E-state index in [9.17, 15) is 9.59 Å². The van der Waals surface area contributed by atoms with Crippen molar-refractivity contribution in [2.24, 2.45) is 0 Å². The molecule has 1 fully saturated rings. The van der Waals surface area contributed by atoms with Crippen LogP contribution in [-0.2, 0) is 19.6 Å². The summed E-state index contributed by atoms with van der Waals surface area (Å²) in [6, 6.07) is 21.8. The molecule has 0 bridgehead atoms. The van der Waals surface area contributed by atoms with Crippen molar-refractivity contribution in [3.05, 3.63) is 106 Å². The van der Waals surface area contributed by atoms with Crippen LogP contribution in [-0.4, -0.2) is 46.6 Å². The van der Waals surface area contributed by atoms with Crippen molar-refractivity contribution < 1.29 is 4.79 Å². The first kappa shape index (κ1) is 21.8. The summed E-state index contributed by atoms with van der Waals surface area (Å²) in [6.07, 6.45) is 1.79. The average molecular weight is 431 g/mol. The summed E-state index contributed by atoms with van der Waals surface area (Å²) < 4.78 is 1.68. The molecule has 1 N–H and O–H groups in total. The van der Waals surface area contributed by atoms with Gasteiger partial charge in [-0.3, -0.25) is 9.69 Å². The zero-order valence-electron chi connectivity index (χ0n) is 18.5. The lowest BCUT2D eigenvalue weighted by molar-refractivity contribution is 0.135. The van der Waals surface area contributed by atoms with E-state index in [0.717, 1.165) is 43.9 Å². The van der Waals surface area contributed by atoms with Gasteiger partial charge in [-0.15, -0.1) is 0 Å². The molecule has 0 radical (unpaired) electrons. The Bertz CT molecular complexity index is 1100. The van der Waals surface area contributed by atoms with Crippen LogP contribution in [0.15, 0.2) is 77.7 Å². The molecule has 4 rings (SSSR count). The summed E-state index contributed by atoms with van der Waals surface area (Å²) in [7, 11) is 0. The van der Waals surface area contributed by atoms with E-state index in [1.807, 2.05) is 35.2 Å². The summed E-state index contributed by atoms with van der Waals surface area (Å²) in [5.74, 6) is 0. The maximum absolute atomic E-state index is 12.6. The van der Waals surface area contributed by atoms with Gasteiger partial charge in [0.25, 0.3) is 5.56 Å². The number of benzene rings is 2. The lowest BCUT2D eigenvalue weighted by atomic mass is 10.1. The van der Waals surface area contributed by atoms with Crippen LogP contribution in [0.25, 0.3) is 0 Å². The number of hydrogen-bond acceptors (Lipinski definition) is 3. The van der Waals surface area contributed by atoms with E-state index >= 15 is 0 Å². The van der Waals surface area contributed by atoms with Crippen molar-refractivity contribution in [1.29, 1.82) is 0 Å². The molecule has 1 aliphatic rings. The molecule has 0 aliphatic carbocycles. The first-order chi connectivity index (χ1) is 15.6. The predicted octanol–water partition coefficient (Wildman–Crippen LogP) is 3.23. The molecule has 0 spiro atoms. The predicted molar refractivity (Wildman–Crippen MR) is 127 cm³/mol. The van der Waals surface area contributed by atoms with Crippen molar-refractivity contribution >= 4 is 6.03 Å². The highest BCUT2D eigenvalue weighted by molar-refractivity contribution is 5.74. The fraction of sp³-hybridized carbons (Fsp3) is 0.308. The number of nitrogens with one attached hydrogen (secondary N) is 1. The van der Waals surface area contributed by atoms with Crippen LogP contribution < -0.4 is 10.9 Å². The Kier molecular flexibility index (Phi) is 7.02. The minimum Gasteiger partial charge on any atom is -0.334 e. The Morgan fingerprint density at radius 2 is 1.59 bits per heavy atom. The van der Waals surface area contributed by atoms with Gasteiger partial charge in [0.1, 0.15) is 0 Å². The number of amides is 2. The van der Waals surface area contributed by atoms with Crippen LogP contribution in [0, 0.1) is 6.92 Å². The number of hydrogen-bond donors (Lipinski definition) is 1. The third kappa shape index (κ3) is 5.86. The van der Waals surface area contributed by atoms with Crippen LogP contribution in [0.1, 0.15) is 22.3 Å². The first-order valence-corrected chi connectivity index (χ1v) is 11.1. The second-order valence-corrected chi connectivity index (χ2v) is 8.39. The summed E-state index contributed by atoms with van der Waals surface area (Å²) in [6.45, 7) is 7.32. The minimum atomic E-state index is -0.0138. The van der Waals surface area contributed by atoms with E-state index < -0.39 is 0 Å². The molecule has 2 heterocycles. The molecular formula is C26H30N4O2. The van der Waals surface area contributed by atoms with E-state index in [2.05, 4.69) is 41.4 Å². The molecular weight excluding hydrogens is 400 g/mol. The van der Waals surface area contributed by atoms with Gasteiger partial charge in [0, 0.05) is 51.5 Å². The average Bonchev–Trinajstić information content (AvgIpc) is 2.80. The molecule has 0 atom stereocenters. The summed E-state index contributed by atoms with van der Waals surface area (Å²) in [4.78, 5) is 28.7. The molecule has 1 aromatic heterocycles. The van der Waals surface area contributed by atoms with Crippen LogP contribution >= 0.6 is 0 Å². The quantitative estimate of drug-likeness (QED) is 0.653. The number of urea groups is 1. The molecule has 2 aromatic carbocycles. The maximum atomic E-state index is 12.6. The standard InChI is InChI=1S/C26H30N4O2/c1-21-5-4-6-24(17-21)19-28-13-15-29(16-14-28)26(32)27-18-22-8-10-23(11-9-22)20-30-12-3-2-7-25(30)31/h2-12,17H,13-16,18-20H2,1H3,(H,27,32). The zero-order chi connectivity index (χ0) is 22.3. The molecule has 0 unspecified atom stereocenters. The number of nitrogens with zero attached hydrogens (tertiary/aromatic N) is 3. The number of aryl methyl sites for hydroxylation is 1. The first-order valence-electron chi connectivity index (χ1n) is 11.1. The zero-order valence-corrected chi connectivity index (χ0v) is 18.5. The molecule has 0 saturated carbocycles. The number of carbonyl (C=O) groups is 1. The minimum absolute atomic E-state index is 0.0113. The normalized spacial score (nSPS) is 14.3. The summed E-state index contributed by atoms with van der Waals surface area (Å²) in [5, 5.41) is 3.03. The SMILES string of the molecule is Cc1cccc(CN2CCN(C(=O)NCc3ccc(Cn4ccccc4=O)cc3)CC2)c1. The van der Waals surface area contributed by atoms with Gasteiger partial charge in [-0.25, -0.2) is 4.79 Å². The number of rotatable bonds is 6. The van der Waals surface area contributed by atoms with Crippen molar-refractivity contribution in [3.63, 3.8) is 0 Å². The van der Waals surface area contributed by atoms with Gasteiger partial charge in [0.15, 0.2) is 0 Å². The van der Waals surface area contributed by atoms with Crippen LogP contribution in [0.4, 0.5) is 4.79 Å². The van der Waals surface area contributed by atoms with Crippen molar-refractivity contribution in [1.82, 2.24) is 19.7 Å². The topological polar surface area (TPSA) is 57.6 Å². The Hall–Kier alpha value is -3.38. The highest BCUT2D eigenvalue weighted by Gasteiger charge is 2.20. The van der Waals surface area contributed by atoms with E-state index in [4.69, 9.17) is 0 Å². The monoisotopic (exact) mass is 430 g/mol. The third-order valence-electron chi connectivity index (χ3n) is 5.87. The van der Waals surface area contributed by atoms with E-state index in [1.54, 1.807) is 22.9 Å². The fourth-order valence-corrected chi connectivity index (χ4v) is 4.02. The Balaban J connectivity index is 1.22. The van der Waals surface area contributed by atoms with Crippen molar-refractivity contribution in [2.45, 2.75) is 26.6 Å². The smallest absolute Gasteiger partial charge is 0.317 e. The number of carbonyl (C=O) groups excluding carboxylic acids is 1. The van der Waals surface area contributed by atoms with Crippen LogP contribution in [0.5, 0.6) is 0 Å². The van der Waals surface area contributed by atoms with Gasteiger partial charge in [0.05, 0.1) is 6.54 Å². The lowest BCUT2D eigenvalue weighted by Gasteiger charge is -2.34. The molecule has 166 valence electrons. The lowest BCUT2D eigenvalue weighted by Crippen LogP contribution is -2.51. The fourth-order valence-electron chi connectivity index (χ4n) is 4.02. The van der Waals surface area contributed by atoms with Gasteiger partial charge >= 0.3 is 6.03 Å². The molecule has 1 saturated heterocycles. The number of piperazine rings is 1. The maximum Gasteiger partial charge on any atom is 0.317 e. The highest BCUT2D eigenvalue weighted by Crippen LogP contribution is 2.11. The molecule has 3 aromatic rings. The molecule has 6 heteroatoms. The molecule has 32 heavy (non-hydrogen) atoms. The van der Waals surface area contributed by atoms with Gasteiger partial charge in [-0.1, -0.05) is 60.2 Å². The molecule has 2 amide bonds. The number of aromatic nitrogens is 1. The van der Waals surface area contributed by atoms with E-state index in [0.29, 0.717) is 13.1 Å². The summed E-state index contributed by atoms with van der Waals surface area (Å²) >= 11 is 0. The Labute approximate surface area is 189 Å². The largest absolute Gasteiger partial charge is 0.334 e. The number of pyridine rings is 1. The van der Waals surface area contributed by atoms with Gasteiger partial charge in [-0.05, 0) is 29.7 Å². The Morgan fingerprint density at radius 3 is 2.31 bits per heavy atom. The second kappa shape index (κ2) is 10.3. The van der Waals surface area contributed by atoms with Crippen LogP contribution in [0.2, 0.25) is 0 Å².